The topological polar surface area (TPSA) is 47.3 Å². The average molecular weight is 234 g/mol. The summed E-state index contributed by atoms with van der Waals surface area (Å²) in [6.07, 6.45) is 2.30. The highest BCUT2D eigenvalue weighted by Crippen LogP contribution is 2.24. The summed E-state index contributed by atoms with van der Waals surface area (Å²) in [6.45, 7) is 7.00. The third-order valence-corrected chi connectivity index (χ3v) is 3.59. The van der Waals surface area contributed by atoms with Crippen LogP contribution in [0.15, 0.2) is 12.1 Å². The van der Waals surface area contributed by atoms with E-state index in [0.29, 0.717) is 5.92 Å². The molecule has 2 rings (SSSR count). The Morgan fingerprint density at radius 3 is 2.59 bits per heavy atom. The summed E-state index contributed by atoms with van der Waals surface area (Å²) in [4.78, 5) is 0. The molecular formula is C14H22N2O. The normalized spacial score (nSPS) is 17.1. The fourth-order valence-electron chi connectivity index (χ4n) is 2.20. The molecule has 1 aliphatic rings. The molecule has 1 aromatic rings. The third-order valence-electron chi connectivity index (χ3n) is 3.59. The van der Waals surface area contributed by atoms with Gasteiger partial charge in [-0.05, 0) is 55.9 Å². The van der Waals surface area contributed by atoms with E-state index in [9.17, 15) is 0 Å². The molecule has 0 spiro atoms. The van der Waals surface area contributed by atoms with Crippen molar-refractivity contribution in [1.82, 2.24) is 0 Å². The number of rotatable bonds is 3. The standard InChI is InChI=1S/C14H22N2O/c1-10-7-13(15)14(8-11(10)2)16-9-12-3-5-17-6-4-12/h7-8,12,16H,3-6,9,15H2,1-2H3. The Kier molecular flexibility index (Phi) is 3.89. The molecule has 0 radical (unpaired) electrons. The highest BCUT2D eigenvalue weighted by molar-refractivity contribution is 5.68. The minimum atomic E-state index is 0.713. The number of aryl methyl sites for hydroxylation is 2. The first-order chi connectivity index (χ1) is 8.16. The highest BCUT2D eigenvalue weighted by atomic mass is 16.5. The summed E-state index contributed by atoms with van der Waals surface area (Å²) in [5.74, 6) is 0.713. The van der Waals surface area contributed by atoms with Crippen molar-refractivity contribution >= 4 is 11.4 Å². The zero-order chi connectivity index (χ0) is 12.3. The van der Waals surface area contributed by atoms with E-state index in [-0.39, 0.29) is 0 Å². The van der Waals surface area contributed by atoms with Crippen LogP contribution in [-0.4, -0.2) is 19.8 Å². The monoisotopic (exact) mass is 234 g/mol. The van der Waals surface area contributed by atoms with E-state index in [1.165, 1.54) is 11.1 Å². The van der Waals surface area contributed by atoms with E-state index in [4.69, 9.17) is 10.5 Å². The van der Waals surface area contributed by atoms with Gasteiger partial charge >= 0.3 is 0 Å². The maximum absolute atomic E-state index is 6.02. The third kappa shape index (κ3) is 3.13. The second kappa shape index (κ2) is 5.41. The molecule has 17 heavy (non-hydrogen) atoms. The summed E-state index contributed by atoms with van der Waals surface area (Å²) in [7, 11) is 0. The SMILES string of the molecule is Cc1cc(N)c(NCC2CCOCC2)cc1C. The van der Waals surface area contributed by atoms with Crippen LogP contribution in [0.2, 0.25) is 0 Å². The second-order valence-corrected chi connectivity index (χ2v) is 4.96. The maximum atomic E-state index is 6.02. The van der Waals surface area contributed by atoms with Crippen LogP contribution < -0.4 is 11.1 Å². The minimum Gasteiger partial charge on any atom is -0.397 e. The van der Waals surface area contributed by atoms with Crippen molar-refractivity contribution < 1.29 is 4.74 Å². The van der Waals surface area contributed by atoms with Gasteiger partial charge < -0.3 is 15.8 Å². The van der Waals surface area contributed by atoms with Crippen LogP contribution in [0.1, 0.15) is 24.0 Å². The quantitative estimate of drug-likeness (QED) is 0.791. The number of ether oxygens (including phenoxy) is 1. The molecule has 1 fully saturated rings. The molecule has 0 amide bonds. The Labute approximate surface area is 103 Å². The van der Waals surface area contributed by atoms with Gasteiger partial charge in [-0.1, -0.05) is 0 Å². The average Bonchev–Trinajstić information content (AvgIpc) is 2.33. The molecular weight excluding hydrogens is 212 g/mol. The molecule has 1 aliphatic heterocycles. The number of anilines is 2. The summed E-state index contributed by atoms with van der Waals surface area (Å²) in [5, 5.41) is 3.47. The number of hydrogen-bond acceptors (Lipinski definition) is 3. The van der Waals surface area contributed by atoms with E-state index in [1.54, 1.807) is 0 Å². The molecule has 3 N–H and O–H groups in total. The fraction of sp³-hybridized carbons (Fsp3) is 0.571. The number of hydrogen-bond donors (Lipinski definition) is 2. The lowest BCUT2D eigenvalue weighted by Crippen LogP contribution is -2.23. The lowest BCUT2D eigenvalue weighted by atomic mass is 10.00. The Morgan fingerprint density at radius 2 is 1.88 bits per heavy atom. The number of nitrogen functional groups attached to an aromatic ring is 1. The van der Waals surface area contributed by atoms with Gasteiger partial charge in [0.25, 0.3) is 0 Å². The van der Waals surface area contributed by atoms with E-state index in [0.717, 1.165) is 44.0 Å². The zero-order valence-corrected chi connectivity index (χ0v) is 10.8. The van der Waals surface area contributed by atoms with Crippen molar-refractivity contribution in [2.75, 3.05) is 30.8 Å². The summed E-state index contributed by atoms with van der Waals surface area (Å²) in [6, 6.07) is 4.19. The van der Waals surface area contributed by atoms with Gasteiger partial charge in [-0.15, -0.1) is 0 Å². The smallest absolute Gasteiger partial charge is 0.0576 e. The lowest BCUT2D eigenvalue weighted by Gasteiger charge is -2.23. The summed E-state index contributed by atoms with van der Waals surface area (Å²) < 4.78 is 5.36. The minimum absolute atomic E-state index is 0.713. The molecule has 94 valence electrons. The molecule has 1 saturated heterocycles. The first kappa shape index (κ1) is 12.2. The van der Waals surface area contributed by atoms with Gasteiger partial charge in [0, 0.05) is 19.8 Å². The van der Waals surface area contributed by atoms with Crippen LogP contribution in [0.25, 0.3) is 0 Å². The molecule has 0 unspecified atom stereocenters. The van der Waals surface area contributed by atoms with Gasteiger partial charge in [0.05, 0.1) is 11.4 Å². The molecule has 3 heteroatoms. The number of nitrogens with two attached hydrogens (primary N) is 1. The molecule has 0 atom stereocenters. The largest absolute Gasteiger partial charge is 0.397 e. The van der Waals surface area contributed by atoms with Crippen molar-refractivity contribution in [2.45, 2.75) is 26.7 Å². The fourth-order valence-corrected chi connectivity index (χ4v) is 2.20. The molecule has 0 bridgehead atoms. The number of nitrogens with one attached hydrogen (secondary N) is 1. The molecule has 3 nitrogen and oxygen atoms in total. The molecule has 0 aliphatic carbocycles. The van der Waals surface area contributed by atoms with Gasteiger partial charge in [0.15, 0.2) is 0 Å². The van der Waals surface area contributed by atoms with Crippen LogP contribution in [0.4, 0.5) is 11.4 Å². The Morgan fingerprint density at radius 1 is 1.24 bits per heavy atom. The summed E-state index contributed by atoms with van der Waals surface area (Å²) >= 11 is 0. The Hall–Kier alpha value is -1.22. The van der Waals surface area contributed by atoms with Crippen molar-refractivity contribution in [3.63, 3.8) is 0 Å². The van der Waals surface area contributed by atoms with Gasteiger partial charge in [-0.25, -0.2) is 0 Å². The van der Waals surface area contributed by atoms with E-state index in [2.05, 4.69) is 25.2 Å². The predicted octanol–water partition coefficient (Wildman–Crippen LogP) is 2.72. The van der Waals surface area contributed by atoms with Gasteiger partial charge in [-0.2, -0.15) is 0 Å². The van der Waals surface area contributed by atoms with Gasteiger partial charge in [0.2, 0.25) is 0 Å². The first-order valence-electron chi connectivity index (χ1n) is 6.35. The second-order valence-electron chi connectivity index (χ2n) is 4.96. The van der Waals surface area contributed by atoms with Crippen LogP contribution in [0, 0.1) is 19.8 Å². The van der Waals surface area contributed by atoms with E-state index >= 15 is 0 Å². The van der Waals surface area contributed by atoms with E-state index in [1.807, 2.05) is 6.07 Å². The van der Waals surface area contributed by atoms with Crippen LogP contribution in [0.5, 0.6) is 0 Å². The maximum Gasteiger partial charge on any atom is 0.0576 e. The van der Waals surface area contributed by atoms with Crippen molar-refractivity contribution in [3.05, 3.63) is 23.3 Å². The highest BCUT2D eigenvalue weighted by Gasteiger charge is 2.13. The van der Waals surface area contributed by atoms with Crippen molar-refractivity contribution in [3.8, 4) is 0 Å². The molecule has 1 heterocycles. The van der Waals surface area contributed by atoms with Crippen LogP contribution in [-0.2, 0) is 4.74 Å². The molecule has 0 saturated carbocycles. The van der Waals surface area contributed by atoms with Crippen LogP contribution >= 0.6 is 0 Å². The van der Waals surface area contributed by atoms with Gasteiger partial charge in [0.1, 0.15) is 0 Å². The molecule has 0 aromatic heterocycles. The van der Waals surface area contributed by atoms with Crippen LogP contribution in [0.3, 0.4) is 0 Å². The number of benzene rings is 1. The summed E-state index contributed by atoms with van der Waals surface area (Å²) in [5.41, 5.74) is 10.5. The molecule has 1 aromatic carbocycles. The van der Waals surface area contributed by atoms with Gasteiger partial charge in [-0.3, -0.25) is 0 Å². The Bertz CT molecular complexity index is 384. The van der Waals surface area contributed by atoms with Crippen molar-refractivity contribution in [1.29, 1.82) is 0 Å². The van der Waals surface area contributed by atoms with E-state index < -0.39 is 0 Å². The lowest BCUT2D eigenvalue weighted by molar-refractivity contribution is 0.0699. The Balaban J connectivity index is 1.96. The van der Waals surface area contributed by atoms with Crippen molar-refractivity contribution in [2.24, 2.45) is 5.92 Å². The first-order valence-corrected chi connectivity index (χ1v) is 6.35. The predicted molar refractivity (Wildman–Crippen MR) is 72.4 cm³/mol. The zero-order valence-electron chi connectivity index (χ0n) is 10.8.